The number of carbonyl (C=O) groups excluding carboxylic acids is 1. The number of likely N-dealkylation sites (N-methyl/N-ethyl adjacent to an activating group) is 1. The molecule has 0 aromatic heterocycles. The van der Waals surface area contributed by atoms with Crippen molar-refractivity contribution in [2.24, 2.45) is 5.73 Å². The van der Waals surface area contributed by atoms with Crippen LogP contribution in [0.2, 0.25) is 5.02 Å². The van der Waals surface area contributed by atoms with Crippen LogP contribution in [-0.4, -0.2) is 22.9 Å². The van der Waals surface area contributed by atoms with Crippen LogP contribution in [-0.2, 0) is 11.3 Å². The predicted octanol–water partition coefficient (Wildman–Crippen LogP) is 3.21. The van der Waals surface area contributed by atoms with Crippen molar-refractivity contribution in [1.29, 1.82) is 0 Å². The Bertz CT molecular complexity index is 430. The first kappa shape index (κ1) is 16.0. The summed E-state index contributed by atoms with van der Waals surface area (Å²) in [6.07, 6.45) is 1.29. The summed E-state index contributed by atoms with van der Waals surface area (Å²) in [5.41, 5.74) is 6.45. The maximum absolute atomic E-state index is 12.5. The third kappa shape index (κ3) is 3.95. The largest absolute Gasteiger partial charge is 0.337 e. The average molecular weight is 283 g/mol. The number of hydrogen-bond acceptors (Lipinski definition) is 2. The Labute approximate surface area is 120 Å². The fourth-order valence-corrected chi connectivity index (χ4v) is 2.26. The molecule has 0 fully saturated rings. The minimum atomic E-state index is -0.755. The Morgan fingerprint density at radius 1 is 1.32 bits per heavy atom. The second kappa shape index (κ2) is 6.92. The van der Waals surface area contributed by atoms with Crippen LogP contribution in [0, 0.1) is 0 Å². The first-order chi connectivity index (χ1) is 8.96. The van der Waals surface area contributed by atoms with Gasteiger partial charge in [-0.05, 0) is 37.5 Å². The maximum atomic E-state index is 12.5. The summed E-state index contributed by atoms with van der Waals surface area (Å²) in [6, 6.07) is 7.57. The van der Waals surface area contributed by atoms with Crippen molar-refractivity contribution in [3.8, 4) is 0 Å². The van der Waals surface area contributed by atoms with Crippen molar-refractivity contribution in [2.45, 2.75) is 45.7 Å². The summed E-state index contributed by atoms with van der Waals surface area (Å²) in [6.45, 7) is 7.07. The zero-order valence-electron chi connectivity index (χ0n) is 11.9. The fraction of sp³-hybridized carbons (Fsp3) is 0.533. The molecule has 1 aromatic rings. The van der Waals surface area contributed by atoms with E-state index in [0.29, 0.717) is 31.0 Å². The first-order valence-electron chi connectivity index (χ1n) is 6.79. The third-order valence-corrected chi connectivity index (χ3v) is 3.85. The predicted molar refractivity (Wildman–Crippen MR) is 80.0 cm³/mol. The van der Waals surface area contributed by atoms with Gasteiger partial charge in [0.2, 0.25) is 5.91 Å². The molecule has 0 aliphatic rings. The van der Waals surface area contributed by atoms with Crippen molar-refractivity contribution in [3.63, 3.8) is 0 Å². The molecule has 106 valence electrons. The zero-order valence-corrected chi connectivity index (χ0v) is 12.7. The van der Waals surface area contributed by atoms with Gasteiger partial charge in [0.1, 0.15) is 0 Å². The van der Waals surface area contributed by atoms with E-state index in [9.17, 15) is 4.79 Å². The van der Waals surface area contributed by atoms with Gasteiger partial charge >= 0.3 is 0 Å². The number of amides is 1. The van der Waals surface area contributed by atoms with Gasteiger partial charge in [-0.15, -0.1) is 0 Å². The lowest BCUT2D eigenvalue weighted by molar-refractivity contribution is -0.137. The van der Waals surface area contributed by atoms with Crippen molar-refractivity contribution in [2.75, 3.05) is 6.54 Å². The second-order valence-electron chi connectivity index (χ2n) is 4.81. The van der Waals surface area contributed by atoms with Crippen molar-refractivity contribution in [3.05, 3.63) is 34.9 Å². The van der Waals surface area contributed by atoms with Crippen LogP contribution >= 0.6 is 11.6 Å². The molecule has 1 rings (SSSR count). The van der Waals surface area contributed by atoms with Gasteiger partial charge in [-0.3, -0.25) is 4.79 Å². The van der Waals surface area contributed by atoms with Crippen LogP contribution in [0.3, 0.4) is 0 Å². The molecule has 0 aliphatic heterocycles. The Hall–Kier alpha value is -1.06. The number of hydrogen-bond donors (Lipinski definition) is 1. The van der Waals surface area contributed by atoms with E-state index in [2.05, 4.69) is 0 Å². The third-order valence-electron chi connectivity index (χ3n) is 3.62. The van der Waals surface area contributed by atoms with E-state index in [-0.39, 0.29) is 5.91 Å². The van der Waals surface area contributed by atoms with E-state index in [4.69, 9.17) is 17.3 Å². The molecular weight excluding hydrogens is 260 g/mol. The van der Waals surface area contributed by atoms with E-state index in [1.165, 1.54) is 0 Å². The molecule has 0 saturated carbocycles. The molecule has 4 heteroatoms. The SMILES string of the molecule is CCN(Cc1cccc(Cl)c1)C(=O)C(N)(CC)CC. The van der Waals surface area contributed by atoms with Crippen LogP contribution in [0.15, 0.2) is 24.3 Å². The van der Waals surface area contributed by atoms with Gasteiger partial charge in [0.25, 0.3) is 0 Å². The summed E-state index contributed by atoms with van der Waals surface area (Å²) in [4.78, 5) is 14.3. The quantitative estimate of drug-likeness (QED) is 0.871. The number of halogens is 1. The fourth-order valence-electron chi connectivity index (χ4n) is 2.05. The van der Waals surface area contributed by atoms with Crippen molar-refractivity contribution >= 4 is 17.5 Å². The molecule has 0 saturated heterocycles. The molecule has 0 spiro atoms. The maximum Gasteiger partial charge on any atom is 0.242 e. The van der Waals surface area contributed by atoms with Crippen LogP contribution in [0.1, 0.15) is 39.2 Å². The van der Waals surface area contributed by atoms with E-state index >= 15 is 0 Å². The van der Waals surface area contributed by atoms with Gasteiger partial charge in [0.05, 0.1) is 5.54 Å². The molecule has 2 N–H and O–H groups in total. The van der Waals surface area contributed by atoms with Crippen LogP contribution in [0.5, 0.6) is 0 Å². The van der Waals surface area contributed by atoms with Gasteiger partial charge in [-0.2, -0.15) is 0 Å². The van der Waals surface area contributed by atoms with Crippen LogP contribution in [0.4, 0.5) is 0 Å². The second-order valence-corrected chi connectivity index (χ2v) is 5.25. The van der Waals surface area contributed by atoms with Gasteiger partial charge in [0, 0.05) is 18.1 Å². The molecular formula is C15H23ClN2O. The highest BCUT2D eigenvalue weighted by molar-refractivity contribution is 6.30. The minimum absolute atomic E-state index is 0.0139. The molecule has 0 radical (unpaired) electrons. The van der Waals surface area contributed by atoms with E-state index < -0.39 is 5.54 Å². The van der Waals surface area contributed by atoms with Crippen LogP contribution < -0.4 is 5.73 Å². The highest BCUT2D eigenvalue weighted by Gasteiger charge is 2.33. The zero-order chi connectivity index (χ0) is 14.5. The molecule has 0 atom stereocenters. The summed E-state index contributed by atoms with van der Waals surface area (Å²) in [5.74, 6) is 0.0139. The van der Waals surface area contributed by atoms with Gasteiger partial charge in [0.15, 0.2) is 0 Å². The number of nitrogens with zero attached hydrogens (tertiary/aromatic N) is 1. The summed E-state index contributed by atoms with van der Waals surface area (Å²) in [5, 5.41) is 0.686. The number of rotatable bonds is 6. The molecule has 0 aliphatic carbocycles. The van der Waals surface area contributed by atoms with Gasteiger partial charge in [-0.1, -0.05) is 37.6 Å². The van der Waals surface area contributed by atoms with Crippen molar-refractivity contribution < 1.29 is 4.79 Å². The lowest BCUT2D eigenvalue weighted by Gasteiger charge is -2.32. The van der Waals surface area contributed by atoms with E-state index in [1.54, 1.807) is 4.90 Å². The normalized spacial score (nSPS) is 11.4. The molecule has 19 heavy (non-hydrogen) atoms. The highest BCUT2D eigenvalue weighted by Crippen LogP contribution is 2.18. The first-order valence-corrected chi connectivity index (χ1v) is 7.17. The van der Waals surface area contributed by atoms with E-state index in [1.807, 2.05) is 45.0 Å². The molecule has 1 aromatic carbocycles. The summed E-state index contributed by atoms with van der Waals surface area (Å²) >= 11 is 5.97. The molecule has 1 amide bonds. The van der Waals surface area contributed by atoms with Crippen molar-refractivity contribution in [1.82, 2.24) is 4.90 Å². The lowest BCUT2D eigenvalue weighted by Crippen LogP contribution is -2.54. The minimum Gasteiger partial charge on any atom is -0.337 e. The number of carbonyl (C=O) groups is 1. The monoisotopic (exact) mass is 282 g/mol. The summed E-state index contributed by atoms with van der Waals surface area (Å²) in [7, 11) is 0. The smallest absolute Gasteiger partial charge is 0.242 e. The topological polar surface area (TPSA) is 46.3 Å². The Balaban J connectivity index is 2.87. The average Bonchev–Trinajstić information content (AvgIpc) is 2.43. The lowest BCUT2D eigenvalue weighted by atomic mass is 9.92. The standard InChI is InChI=1S/C15H23ClN2O/c1-4-15(17,5-2)14(19)18(6-3)11-12-8-7-9-13(16)10-12/h7-10H,4-6,11,17H2,1-3H3. The number of benzene rings is 1. The van der Waals surface area contributed by atoms with Crippen LogP contribution in [0.25, 0.3) is 0 Å². The molecule has 3 nitrogen and oxygen atoms in total. The number of nitrogens with two attached hydrogens (primary N) is 1. The molecule has 0 heterocycles. The van der Waals surface area contributed by atoms with Gasteiger partial charge < -0.3 is 10.6 Å². The highest BCUT2D eigenvalue weighted by atomic mass is 35.5. The Morgan fingerprint density at radius 2 is 1.95 bits per heavy atom. The molecule has 0 unspecified atom stereocenters. The van der Waals surface area contributed by atoms with Gasteiger partial charge in [-0.25, -0.2) is 0 Å². The summed E-state index contributed by atoms with van der Waals surface area (Å²) < 4.78 is 0. The molecule has 0 bridgehead atoms. The van der Waals surface area contributed by atoms with E-state index in [0.717, 1.165) is 5.56 Å². The Morgan fingerprint density at radius 3 is 2.42 bits per heavy atom. The Kier molecular flexibility index (Phi) is 5.83.